The van der Waals surface area contributed by atoms with Crippen molar-refractivity contribution in [2.24, 2.45) is 11.3 Å². The minimum absolute atomic E-state index is 0.882. The molecule has 2 saturated heterocycles. The van der Waals surface area contributed by atoms with Crippen LogP contribution in [0.5, 0.6) is 0 Å². The maximum atomic E-state index is 2.84. The minimum atomic E-state index is 0.882. The van der Waals surface area contributed by atoms with Gasteiger partial charge in [0.15, 0.2) is 0 Å². The summed E-state index contributed by atoms with van der Waals surface area (Å²) in [7, 11) is 0. The highest BCUT2D eigenvalue weighted by molar-refractivity contribution is 5.18. The lowest BCUT2D eigenvalue weighted by Gasteiger charge is -2.22. The van der Waals surface area contributed by atoms with Crippen LogP contribution < -0.4 is 0 Å². The lowest BCUT2D eigenvalue weighted by atomic mass is 9.94. The average molecular weight is 149 g/mol. The molecule has 0 radical (unpaired) electrons. The minimum Gasteiger partial charge on any atom is -0.297 e. The molecular weight excluding hydrogens is 134 g/mol. The first kappa shape index (κ1) is 5.58. The first-order chi connectivity index (χ1) is 5.39. The SMILES string of the molecule is C1C2CC3N(CCC34CC4)C12. The van der Waals surface area contributed by atoms with Crippen molar-refractivity contribution in [3.63, 3.8) is 0 Å². The predicted molar refractivity (Wildman–Crippen MR) is 43.3 cm³/mol. The van der Waals surface area contributed by atoms with Crippen LogP contribution >= 0.6 is 0 Å². The van der Waals surface area contributed by atoms with Gasteiger partial charge in [-0.05, 0) is 50.0 Å². The fourth-order valence-electron chi connectivity index (χ4n) is 3.73. The number of hydrogen-bond acceptors (Lipinski definition) is 1. The van der Waals surface area contributed by atoms with E-state index in [9.17, 15) is 0 Å². The Morgan fingerprint density at radius 1 is 1.09 bits per heavy atom. The molecule has 3 unspecified atom stereocenters. The standard InChI is InChI=1S/C10H15N/c1-2-10(1)3-4-11-8-5-7(8)6-9(10)11/h7-9H,1-6H2. The Morgan fingerprint density at radius 3 is 2.82 bits per heavy atom. The van der Waals surface area contributed by atoms with Crippen LogP contribution in [0, 0.1) is 11.3 Å². The third kappa shape index (κ3) is 0.516. The van der Waals surface area contributed by atoms with Gasteiger partial charge < -0.3 is 0 Å². The molecule has 60 valence electrons. The zero-order chi connectivity index (χ0) is 7.05. The van der Waals surface area contributed by atoms with Crippen molar-refractivity contribution >= 4 is 0 Å². The molecule has 3 atom stereocenters. The van der Waals surface area contributed by atoms with Gasteiger partial charge in [-0.3, -0.25) is 4.90 Å². The molecule has 1 spiro atoms. The van der Waals surface area contributed by atoms with Gasteiger partial charge in [0.1, 0.15) is 0 Å². The number of fused-ring (bicyclic) bond motifs is 4. The second kappa shape index (κ2) is 1.39. The fourth-order valence-corrected chi connectivity index (χ4v) is 3.73. The fraction of sp³-hybridized carbons (Fsp3) is 1.00. The molecule has 0 aromatic heterocycles. The highest BCUT2D eigenvalue weighted by atomic mass is 15.3. The van der Waals surface area contributed by atoms with Crippen molar-refractivity contribution in [3.8, 4) is 0 Å². The van der Waals surface area contributed by atoms with E-state index in [1.54, 1.807) is 32.1 Å². The van der Waals surface area contributed by atoms with Crippen LogP contribution in [0.3, 0.4) is 0 Å². The molecule has 4 fully saturated rings. The average Bonchev–Trinajstić information content (AvgIpc) is 2.84. The molecule has 0 amide bonds. The number of rotatable bonds is 0. The zero-order valence-electron chi connectivity index (χ0n) is 6.92. The topological polar surface area (TPSA) is 3.24 Å². The van der Waals surface area contributed by atoms with Crippen LogP contribution in [0.4, 0.5) is 0 Å². The van der Waals surface area contributed by atoms with Crippen LogP contribution in [-0.2, 0) is 0 Å². The first-order valence-corrected chi connectivity index (χ1v) is 5.15. The molecule has 2 saturated carbocycles. The van der Waals surface area contributed by atoms with Crippen LogP contribution in [0.15, 0.2) is 0 Å². The monoisotopic (exact) mass is 149 g/mol. The number of piperidine rings is 1. The van der Waals surface area contributed by atoms with E-state index in [2.05, 4.69) is 4.90 Å². The van der Waals surface area contributed by atoms with Crippen LogP contribution in [0.2, 0.25) is 0 Å². The Bertz CT molecular complexity index is 219. The summed E-state index contributed by atoms with van der Waals surface area (Å²) in [5, 5.41) is 0. The highest BCUT2D eigenvalue weighted by Crippen LogP contribution is 2.65. The Balaban J connectivity index is 1.74. The summed E-state index contributed by atoms with van der Waals surface area (Å²) in [4.78, 5) is 2.84. The number of hydrogen-bond donors (Lipinski definition) is 0. The molecule has 2 aliphatic heterocycles. The van der Waals surface area contributed by atoms with E-state index in [0.717, 1.165) is 23.4 Å². The van der Waals surface area contributed by atoms with E-state index in [4.69, 9.17) is 0 Å². The Labute approximate surface area is 67.8 Å². The highest BCUT2D eigenvalue weighted by Gasteiger charge is 2.64. The summed E-state index contributed by atoms with van der Waals surface area (Å²) < 4.78 is 0. The zero-order valence-corrected chi connectivity index (χ0v) is 6.92. The molecule has 2 aliphatic carbocycles. The summed E-state index contributed by atoms with van der Waals surface area (Å²) in [5.74, 6) is 1.15. The van der Waals surface area contributed by atoms with Crippen molar-refractivity contribution in [2.45, 2.75) is 44.2 Å². The maximum Gasteiger partial charge on any atom is 0.0158 e. The summed E-state index contributed by atoms with van der Waals surface area (Å²) in [5.41, 5.74) is 0.882. The molecule has 0 aromatic carbocycles. The molecular formula is C10H15N. The van der Waals surface area contributed by atoms with Gasteiger partial charge in [0.2, 0.25) is 0 Å². The van der Waals surface area contributed by atoms with Gasteiger partial charge in [0.05, 0.1) is 0 Å². The third-order valence-corrected chi connectivity index (χ3v) is 4.70. The van der Waals surface area contributed by atoms with E-state index in [1.807, 2.05) is 0 Å². The van der Waals surface area contributed by atoms with Gasteiger partial charge in [-0.1, -0.05) is 0 Å². The van der Waals surface area contributed by atoms with Crippen LogP contribution in [0.1, 0.15) is 32.1 Å². The van der Waals surface area contributed by atoms with Crippen molar-refractivity contribution in [1.82, 2.24) is 4.90 Å². The lowest BCUT2D eigenvalue weighted by Crippen LogP contribution is -2.30. The van der Waals surface area contributed by atoms with Gasteiger partial charge in [-0.25, -0.2) is 0 Å². The molecule has 2 heterocycles. The maximum absolute atomic E-state index is 2.84. The molecule has 4 rings (SSSR count). The second-order valence-corrected chi connectivity index (χ2v) is 5.16. The normalized spacial score (nSPS) is 56.2. The van der Waals surface area contributed by atoms with Crippen molar-refractivity contribution in [1.29, 1.82) is 0 Å². The summed E-state index contributed by atoms with van der Waals surface area (Å²) in [6.07, 6.45) is 7.79. The summed E-state index contributed by atoms with van der Waals surface area (Å²) in [6, 6.07) is 2.13. The van der Waals surface area contributed by atoms with E-state index in [0.29, 0.717) is 0 Å². The number of nitrogens with zero attached hydrogens (tertiary/aromatic N) is 1. The van der Waals surface area contributed by atoms with Gasteiger partial charge in [0.25, 0.3) is 0 Å². The first-order valence-electron chi connectivity index (χ1n) is 5.15. The molecule has 0 bridgehead atoms. The summed E-state index contributed by atoms with van der Waals surface area (Å²) in [6.45, 7) is 1.45. The molecule has 0 aromatic rings. The van der Waals surface area contributed by atoms with E-state index in [1.165, 1.54) is 6.54 Å². The van der Waals surface area contributed by atoms with Gasteiger partial charge in [-0.15, -0.1) is 0 Å². The Morgan fingerprint density at radius 2 is 2.00 bits per heavy atom. The van der Waals surface area contributed by atoms with Crippen LogP contribution in [0.25, 0.3) is 0 Å². The van der Waals surface area contributed by atoms with Crippen molar-refractivity contribution < 1.29 is 0 Å². The molecule has 1 nitrogen and oxygen atoms in total. The lowest BCUT2D eigenvalue weighted by molar-refractivity contribution is 0.242. The van der Waals surface area contributed by atoms with Gasteiger partial charge in [-0.2, -0.15) is 0 Å². The van der Waals surface area contributed by atoms with Gasteiger partial charge in [0, 0.05) is 12.1 Å². The smallest absolute Gasteiger partial charge is 0.0158 e. The largest absolute Gasteiger partial charge is 0.297 e. The molecule has 4 aliphatic rings. The van der Waals surface area contributed by atoms with E-state index in [-0.39, 0.29) is 0 Å². The van der Waals surface area contributed by atoms with E-state index < -0.39 is 0 Å². The van der Waals surface area contributed by atoms with Crippen LogP contribution in [-0.4, -0.2) is 23.5 Å². The molecule has 11 heavy (non-hydrogen) atoms. The van der Waals surface area contributed by atoms with Gasteiger partial charge >= 0.3 is 0 Å². The second-order valence-electron chi connectivity index (χ2n) is 5.16. The van der Waals surface area contributed by atoms with Crippen molar-refractivity contribution in [2.75, 3.05) is 6.54 Å². The van der Waals surface area contributed by atoms with E-state index >= 15 is 0 Å². The quantitative estimate of drug-likeness (QED) is 0.506. The molecule has 0 N–H and O–H groups in total. The Kier molecular flexibility index (Phi) is 0.706. The van der Waals surface area contributed by atoms with Crippen molar-refractivity contribution in [3.05, 3.63) is 0 Å². The molecule has 1 heteroatoms. The predicted octanol–water partition coefficient (Wildman–Crippen LogP) is 1.63. The Hall–Kier alpha value is -0.0400. The third-order valence-electron chi connectivity index (χ3n) is 4.70. The summed E-state index contributed by atoms with van der Waals surface area (Å²) >= 11 is 0.